The van der Waals surface area contributed by atoms with E-state index in [9.17, 15) is 9.90 Å². The first-order valence-electron chi connectivity index (χ1n) is 10.4. The predicted octanol–water partition coefficient (Wildman–Crippen LogP) is 2.75. The van der Waals surface area contributed by atoms with Crippen molar-refractivity contribution < 1.29 is 24.6 Å². The Bertz CT molecular complexity index is 928. The Balaban J connectivity index is 1.75. The molecular weight excluding hydrogens is 396 g/mol. The Hall–Kier alpha value is -2.87. The van der Waals surface area contributed by atoms with Gasteiger partial charge in [0.1, 0.15) is 11.5 Å². The Morgan fingerprint density at radius 1 is 1.19 bits per heavy atom. The number of nitrogens with one attached hydrogen (secondary N) is 1. The number of hydrogen-bond acceptors (Lipinski definition) is 6. The van der Waals surface area contributed by atoms with Gasteiger partial charge in [-0.15, -0.1) is 0 Å². The lowest BCUT2D eigenvalue weighted by Gasteiger charge is -2.29. The van der Waals surface area contributed by atoms with Crippen LogP contribution in [0, 0.1) is 0 Å². The van der Waals surface area contributed by atoms with Crippen LogP contribution in [0.5, 0.6) is 11.5 Å². The van der Waals surface area contributed by atoms with Crippen molar-refractivity contribution in [2.24, 2.45) is 0 Å². The Kier molecular flexibility index (Phi) is 8.06. The number of aryl methyl sites for hydroxylation is 1. The molecule has 31 heavy (non-hydrogen) atoms. The van der Waals surface area contributed by atoms with Gasteiger partial charge in [0.05, 0.1) is 20.8 Å². The second-order valence-corrected chi connectivity index (χ2v) is 7.51. The lowest BCUT2D eigenvalue weighted by atomic mass is 10.0. The molecule has 3 N–H and O–H groups in total. The van der Waals surface area contributed by atoms with E-state index in [1.165, 1.54) is 17.2 Å². The molecule has 1 aliphatic carbocycles. The summed E-state index contributed by atoms with van der Waals surface area (Å²) >= 11 is 0. The average molecular weight is 427 g/mol. The smallest absolute Gasteiger partial charge is 0.267 e. The zero-order chi connectivity index (χ0) is 22.2. The quantitative estimate of drug-likeness (QED) is 0.307. The van der Waals surface area contributed by atoms with E-state index >= 15 is 0 Å². The summed E-state index contributed by atoms with van der Waals surface area (Å²) in [6.45, 7) is 1.47. The monoisotopic (exact) mass is 426 g/mol. The molecule has 0 heterocycles. The van der Waals surface area contributed by atoms with E-state index in [0.717, 1.165) is 48.4 Å². The van der Waals surface area contributed by atoms with Gasteiger partial charge in [0.25, 0.3) is 5.91 Å². The molecule has 0 spiro atoms. The number of hydroxylamine groups is 1. The van der Waals surface area contributed by atoms with Crippen LogP contribution in [0.4, 0.5) is 0 Å². The summed E-state index contributed by atoms with van der Waals surface area (Å²) in [5.41, 5.74) is 6.09. The molecule has 0 radical (unpaired) electrons. The van der Waals surface area contributed by atoms with Gasteiger partial charge in [-0.2, -0.15) is 0 Å². The fourth-order valence-corrected chi connectivity index (χ4v) is 4.20. The molecule has 1 atom stereocenters. The molecule has 166 valence electrons. The van der Waals surface area contributed by atoms with Crippen molar-refractivity contribution >= 4 is 12.0 Å². The summed E-state index contributed by atoms with van der Waals surface area (Å²) in [6, 6.07) is 12.2. The number of rotatable bonds is 10. The zero-order valence-electron chi connectivity index (χ0n) is 18.0. The summed E-state index contributed by atoms with van der Waals surface area (Å²) in [4.78, 5) is 13.5. The molecule has 1 amide bonds. The summed E-state index contributed by atoms with van der Waals surface area (Å²) in [6.07, 6.45) is 5.68. The second-order valence-electron chi connectivity index (χ2n) is 7.51. The normalized spacial score (nSPS) is 15.3. The van der Waals surface area contributed by atoms with Crippen LogP contribution in [-0.4, -0.2) is 55.0 Å². The van der Waals surface area contributed by atoms with Gasteiger partial charge in [-0.1, -0.05) is 18.2 Å². The van der Waals surface area contributed by atoms with Gasteiger partial charge >= 0.3 is 0 Å². The molecule has 1 aliphatic rings. The highest BCUT2D eigenvalue weighted by molar-refractivity contribution is 5.90. The molecule has 2 aromatic carbocycles. The van der Waals surface area contributed by atoms with Crippen LogP contribution < -0.4 is 15.0 Å². The Morgan fingerprint density at radius 2 is 2.03 bits per heavy atom. The molecule has 7 heteroatoms. The van der Waals surface area contributed by atoms with Gasteiger partial charge < -0.3 is 14.6 Å². The van der Waals surface area contributed by atoms with Gasteiger partial charge in [0, 0.05) is 25.2 Å². The molecule has 7 nitrogen and oxygen atoms in total. The van der Waals surface area contributed by atoms with Crippen molar-refractivity contribution in [1.82, 2.24) is 10.4 Å². The van der Waals surface area contributed by atoms with Crippen molar-refractivity contribution in [2.45, 2.75) is 25.3 Å². The number of fused-ring (bicyclic) bond motifs is 1. The maximum Gasteiger partial charge on any atom is 0.267 e. The van der Waals surface area contributed by atoms with Crippen LogP contribution in [0.2, 0.25) is 0 Å². The number of hydrogen-bond donors (Lipinski definition) is 3. The molecule has 0 bridgehead atoms. The number of carbonyl (C=O) groups excluding carboxylic acids is 1. The minimum Gasteiger partial charge on any atom is -0.497 e. The molecule has 0 aromatic heterocycles. The fourth-order valence-electron chi connectivity index (χ4n) is 4.20. The van der Waals surface area contributed by atoms with Crippen LogP contribution in [0.15, 0.2) is 42.5 Å². The van der Waals surface area contributed by atoms with E-state index < -0.39 is 5.91 Å². The minimum absolute atomic E-state index is 0.0954. The molecule has 0 aliphatic heterocycles. The number of benzene rings is 2. The largest absolute Gasteiger partial charge is 0.497 e. The average Bonchev–Trinajstić information content (AvgIpc) is 3.23. The van der Waals surface area contributed by atoms with Crippen LogP contribution in [0.3, 0.4) is 0 Å². The number of carbonyl (C=O) groups is 1. The second kappa shape index (κ2) is 10.9. The lowest BCUT2D eigenvalue weighted by molar-refractivity contribution is -0.124. The van der Waals surface area contributed by atoms with E-state index in [0.29, 0.717) is 6.54 Å². The van der Waals surface area contributed by atoms with Crippen LogP contribution in [0.25, 0.3) is 6.08 Å². The first-order valence-corrected chi connectivity index (χ1v) is 10.4. The zero-order valence-corrected chi connectivity index (χ0v) is 18.0. The van der Waals surface area contributed by atoms with Crippen LogP contribution in [0.1, 0.15) is 34.7 Å². The number of amides is 1. The van der Waals surface area contributed by atoms with Crippen molar-refractivity contribution in [3.63, 3.8) is 0 Å². The third-order valence-electron chi connectivity index (χ3n) is 5.73. The third-order valence-corrected chi connectivity index (χ3v) is 5.73. The van der Waals surface area contributed by atoms with E-state index in [1.54, 1.807) is 25.8 Å². The highest BCUT2D eigenvalue weighted by Gasteiger charge is 2.27. The minimum atomic E-state index is -0.555. The maximum absolute atomic E-state index is 11.2. The summed E-state index contributed by atoms with van der Waals surface area (Å²) in [5, 5.41) is 18.3. The first-order chi connectivity index (χ1) is 15.1. The summed E-state index contributed by atoms with van der Waals surface area (Å²) in [7, 11) is 3.32. The number of methoxy groups -OCH3 is 2. The summed E-state index contributed by atoms with van der Waals surface area (Å²) < 4.78 is 10.9. The van der Waals surface area contributed by atoms with E-state index in [-0.39, 0.29) is 12.6 Å². The molecule has 0 saturated heterocycles. The molecule has 3 rings (SSSR count). The van der Waals surface area contributed by atoms with E-state index in [1.807, 2.05) is 24.3 Å². The number of ether oxygens (including phenoxy) is 2. The summed E-state index contributed by atoms with van der Waals surface area (Å²) in [5.74, 6) is 1.08. The van der Waals surface area contributed by atoms with Crippen molar-refractivity contribution in [1.29, 1.82) is 0 Å². The van der Waals surface area contributed by atoms with Crippen molar-refractivity contribution in [3.8, 4) is 11.5 Å². The highest BCUT2D eigenvalue weighted by atomic mass is 16.5. The van der Waals surface area contributed by atoms with Crippen LogP contribution >= 0.6 is 0 Å². The third kappa shape index (κ3) is 5.64. The van der Waals surface area contributed by atoms with E-state index in [2.05, 4.69) is 17.0 Å². The topological polar surface area (TPSA) is 91.3 Å². The van der Waals surface area contributed by atoms with Crippen LogP contribution in [-0.2, 0) is 17.6 Å². The molecule has 0 fully saturated rings. The molecular formula is C24H30N2O5. The number of nitrogens with zero attached hydrogens (tertiary/aromatic N) is 1. The number of aliphatic hydroxyl groups is 1. The standard InChI is InChI=1S/C24H30N2O5/c1-30-20-6-9-23(31-2)19(16-20)11-12-26(13-14-27)22-8-5-18-15-17(3-7-21(18)22)4-10-24(28)25-29/h3-4,6-7,9-10,15-16,22,27,29H,5,8,11-14H2,1-2H3,(H,25,28)/t22-/m0/s1. The number of aliphatic hydroxyl groups excluding tert-OH is 1. The van der Waals surface area contributed by atoms with E-state index in [4.69, 9.17) is 14.7 Å². The van der Waals surface area contributed by atoms with Gasteiger partial charge in [-0.3, -0.25) is 14.9 Å². The molecule has 0 saturated carbocycles. The Morgan fingerprint density at radius 3 is 2.74 bits per heavy atom. The first kappa shape index (κ1) is 22.8. The predicted molar refractivity (Wildman–Crippen MR) is 118 cm³/mol. The SMILES string of the molecule is COc1ccc(OC)c(CCN(CCO)[C@H]2CCc3cc(C=CC(=O)NO)ccc32)c1. The Labute approximate surface area is 182 Å². The molecule has 0 unspecified atom stereocenters. The van der Waals surface area contributed by atoms with Crippen molar-refractivity contribution in [3.05, 3.63) is 64.7 Å². The van der Waals surface area contributed by atoms with Gasteiger partial charge in [0.15, 0.2) is 0 Å². The van der Waals surface area contributed by atoms with Gasteiger partial charge in [0.2, 0.25) is 0 Å². The fraction of sp³-hybridized carbons (Fsp3) is 0.375. The van der Waals surface area contributed by atoms with Gasteiger partial charge in [-0.25, -0.2) is 5.48 Å². The van der Waals surface area contributed by atoms with Gasteiger partial charge in [-0.05, 0) is 65.8 Å². The molecule has 2 aromatic rings. The lowest BCUT2D eigenvalue weighted by Crippen LogP contribution is -2.32. The van der Waals surface area contributed by atoms with Crippen molar-refractivity contribution in [2.75, 3.05) is 33.9 Å². The maximum atomic E-state index is 11.2. The highest BCUT2D eigenvalue weighted by Crippen LogP contribution is 2.37.